The maximum absolute atomic E-state index is 11.7. The summed E-state index contributed by atoms with van der Waals surface area (Å²) in [4.78, 5) is 13.0. The minimum absolute atomic E-state index is 0.0369. The van der Waals surface area contributed by atoms with E-state index in [1.165, 1.54) is 11.3 Å². The Hall–Kier alpha value is -0.380. The van der Waals surface area contributed by atoms with Gasteiger partial charge in [0.05, 0.1) is 9.30 Å². The summed E-state index contributed by atoms with van der Waals surface area (Å²) in [5, 5.41) is 12.8. The smallest absolute Gasteiger partial charge is 0.226 e. The second-order valence-electron chi connectivity index (χ2n) is 4.17. The first-order valence-electron chi connectivity index (χ1n) is 5.74. The minimum Gasteiger partial charge on any atom is -0.317 e. The normalized spacial score (nSPS) is 14.1. The van der Waals surface area contributed by atoms with Gasteiger partial charge in [0.25, 0.3) is 0 Å². The maximum Gasteiger partial charge on any atom is 0.226 e. The van der Waals surface area contributed by atoms with Crippen molar-refractivity contribution in [3.8, 4) is 6.07 Å². The van der Waals surface area contributed by atoms with Crippen LogP contribution in [0.2, 0.25) is 0 Å². The van der Waals surface area contributed by atoms with E-state index >= 15 is 0 Å². The fourth-order valence-corrected chi connectivity index (χ4v) is 3.93. The van der Waals surface area contributed by atoms with E-state index in [-0.39, 0.29) is 9.64 Å². The molecule has 1 aromatic heterocycles. The predicted molar refractivity (Wildman–Crippen MR) is 80.6 cm³/mol. The molecule has 1 heterocycles. The molecule has 2 rings (SSSR count). The van der Waals surface area contributed by atoms with E-state index in [9.17, 15) is 10.1 Å². The lowest BCUT2D eigenvalue weighted by Crippen LogP contribution is -2.13. The average molecular weight is 392 g/mol. The van der Waals surface area contributed by atoms with Crippen LogP contribution in [-0.4, -0.2) is 9.64 Å². The summed E-state index contributed by atoms with van der Waals surface area (Å²) in [6, 6.07) is 2.23. The van der Waals surface area contributed by atoms with Crippen LogP contribution in [0.1, 0.15) is 35.3 Å². The molecule has 0 atom stereocenters. The standard InChI is InChI=1S/C12H12Br2N2OS/c13-10(14)5-11(17)16-12-8(6-15)7-3-1-2-4-9(7)18-12/h10H,1-5H2,(H,16,17). The van der Waals surface area contributed by atoms with Gasteiger partial charge in [0.15, 0.2) is 0 Å². The fraction of sp³-hybridized carbons (Fsp3) is 0.500. The van der Waals surface area contributed by atoms with Crippen molar-refractivity contribution in [2.24, 2.45) is 0 Å². The van der Waals surface area contributed by atoms with Gasteiger partial charge in [0.1, 0.15) is 11.1 Å². The van der Waals surface area contributed by atoms with Gasteiger partial charge in [-0.2, -0.15) is 5.26 Å². The summed E-state index contributed by atoms with van der Waals surface area (Å²) in [6.07, 6.45) is 4.65. The van der Waals surface area contributed by atoms with Gasteiger partial charge in [0.2, 0.25) is 5.91 Å². The molecule has 1 aliphatic carbocycles. The second kappa shape index (κ2) is 6.18. The van der Waals surface area contributed by atoms with Gasteiger partial charge in [0, 0.05) is 11.3 Å². The number of hydrogen-bond donors (Lipinski definition) is 1. The summed E-state index contributed by atoms with van der Waals surface area (Å²) >= 11 is 8.11. The van der Waals surface area contributed by atoms with Gasteiger partial charge in [-0.3, -0.25) is 4.79 Å². The molecule has 0 aliphatic heterocycles. The largest absolute Gasteiger partial charge is 0.317 e. The molecule has 0 fully saturated rings. The number of rotatable bonds is 3. The van der Waals surface area contributed by atoms with Crippen LogP contribution in [0.5, 0.6) is 0 Å². The Labute approximate surface area is 127 Å². The topological polar surface area (TPSA) is 52.9 Å². The molecule has 0 unspecified atom stereocenters. The fourth-order valence-electron chi connectivity index (χ4n) is 2.09. The highest BCUT2D eigenvalue weighted by molar-refractivity contribution is 9.24. The first kappa shape index (κ1) is 14.0. The van der Waals surface area contributed by atoms with Crippen molar-refractivity contribution in [1.29, 1.82) is 5.26 Å². The molecule has 0 saturated heterocycles. The number of fused-ring (bicyclic) bond motifs is 1. The van der Waals surface area contributed by atoms with Gasteiger partial charge in [-0.05, 0) is 31.2 Å². The van der Waals surface area contributed by atoms with Crippen LogP contribution in [0.4, 0.5) is 5.00 Å². The number of nitriles is 1. The third kappa shape index (κ3) is 3.14. The molecule has 0 spiro atoms. The van der Waals surface area contributed by atoms with Crippen LogP contribution >= 0.6 is 43.2 Å². The van der Waals surface area contributed by atoms with Gasteiger partial charge in [-0.25, -0.2) is 0 Å². The molecular formula is C12H12Br2N2OS. The molecule has 0 radical (unpaired) electrons. The van der Waals surface area contributed by atoms with E-state index in [0.29, 0.717) is 12.0 Å². The van der Waals surface area contributed by atoms with Crippen molar-refractivity contribution in [2.45, 2.75) is 35.8 Å². The number of amides is 1. The van der Waals surface area contributed by atoms with E-state index in [0.717, 1.165) is 29.8 Å². The zero-order valence-corrected chi connectivity index (χ0v) is 13.6. The molecule has 0 bridgehead atoms. The van der Waals surface area contributed by atoms with Crippen molar-refractivity contribution in [3.63, 3.8) is 0 Å². The Morgan fingerprint density at radius 2 is 2.17 bits per heavy atom. The molecule has 1 N–H and O–H groups in total. The highest BCUT2D eigenvalue weighted by Crippen LogP contribution is 2.37. The van der Waals surface area contributed by atoms with Crippen LogP contribution in [0.25, 0.3) is 0 Å². The van der Waals surface area contributed by atoms with Crippen LogP contribution in [0, 0.1) is 11.3 Å². The number of alkyl halides is 2. The van der Waals surface area contributed by atoms with Crippen molar-refractivity contribution >= 4 is 54.1 Å². The number of carbonyl (C=O) groups excluding carboxylic acids is 1. The number of nitrogens with zero attached hydrogens (tertiary/aromatic N) is 1. The quantitative estimate of drug-likeness (QED) is 0.793. The van der Waals surface area contributed by atoms with Crippen LogP contribution < -0.4 is 5.32 Å². The predicted octanol–water partition coefficient (Wildman–Crippen LogP) is 3.94. The average Bonchev–Trinajstić information content (AvgIpc) is 2.64. The molecule has 6 heteroatoms. The van der Waals surface area contributed by atoms with E-state index in [1.807, 2.05) is 0 Å². The summed E-state index contributed by atoms with van der Waals surface area (Å²) < 4.78 is -0.0369. The number of nitrogens with one attached hydrogen (secondary N) is 1. The number of aryl methyl sites for hydroxylation is 1. The molecule has 1 aliphatic rings. The van der Waals surface area contributed by atoms with E-state index in [2.05, 4.69) is 43.2 Å². The van der Waals surface area contributed by atoms with Crippen molar-refractivity contribution in [2.75, 3.05) is 5.32 Å². The summed E-state index contributed by atoms with van der Waals surface area (Å²) in [7, 11) is 0. The monoisotopic (exact) mass is 390 g/mol. The van der Waals surface area contributed by atoms with Crippen molar-refractivity contribution < 1.29 is 4.79 Å². The molecule has 0 saturated carbocycles. The van der Waals surface area contributed by atoms with E-state index in [4.69, 9.17) is 0 Å². The van der Waals surface area contributed by atoms with E-state index in [1.54, 1.807) is 11.3 Å². The Morgan fingerprint density at radius 3 is 2.83 bits per heavy atom. The minimum atomic E-state index is -0.0798. The van der Waals surface area contributed by atoms with Crippen LogP contribution in [0.3, 0.4) is 0 Å². The first-order valence-corrected chi connectivity index (χ1v) is 8.39. The lowest BCUT2D eigenvalue weighted by Gasteiger charge is -2.09. The Kier molecular flexibility index (Phi) is 4.82. The maximum atomic E-state index is 11.7. The van der Waals surface area contributed by atoms with Gasteiger partial charge >= 0.3 is 0 Å². The van der Waals surface area contributed by atoms with Crippen LogP contribution in [0.15, 0.2) is 0 Å². The molecule has 1 amide bonds. The molecule has 0 aromatic carbocycles. The molecule has 18 heavy (non-hydrogen) atoms. The van der Waals surface area contributed by atoms with Crippen LogP contribution in [-0.2, 0) is 17.6 Å². The first-order chi connectivity index (χ1) is 8.61. The Bertz CT molecular complexity index is 505. The molecule has 1 aromatic rings. The van der Waals surface area contributed by atoms with Gasteiger partial charge in [-0.15, -0.1) is 11.3 Å². The van der Waals surface area contributed by atoms with Crippen molar-refractivity contribution in [1.82, 2.24) is 0 Å². The third-order valence-electron chi connectivity index (χ3n) is 2.88. The zero-order chi connectivity index (χ0) is 13.1. The summed E-state index contributed by atoms with van der Waals surface area (Å²) in [5.41, 5.74) is 1.82. The number of anilines is 1. The Balaban J connectivity index is 2.21. The highest BCUT2D eigenvalue weighted by atomic mass is 79.9. The molecule has 96 valence electrons. The molecular weight excluding hydrogens is 380 g/mol. The number of hydrogen-bond acceptors (Lipinski definition) is 3. The SMILES string of the molecule is N#Cc1c(NC(=O)CC(Br)Br)sc2c1CCCC2. The zero-order valence-electron chi connectivity index (χ0n) is 9.63. The van der Waals surface area contributed by atoms with Gasteiger partial charge < -0.3 is 5.32 Å². The summed E-state index contributed by atoms with van der Waals surface area (Å²) in [5.74, 6) is -0.0798. The number of thiophene rings is 1. The lowest BCUT2D eigenvalue weighted by atomic mass is 9.96. The number of halogens is 2. The third-order valence-corrected chi connectivity index (χ3v) is 4.73. The van der Waals surface area contributed by atoms with E-state index < -0.39 is 0 Å². The van der Waals surface area contributed by atoms with Gasteiger partial charge in [-0.1, -0.05) is 31.9 Å². The Morgan fingerprint density at radius 1 is 1.44 bits per heavy atom. The number of carbonyl (C=O) groups is 1. The summed E-state index contributed by atoms with van der Waals surface area (Å²) in [6.45, 7) is 0. The van der Waals surface area contributed by atoms with Crippen molar-refractivity contribution in [3.05, 3.63) is 16.0 Å². The highest BCUT2D eigenvalue weighted by Gasteiger charge is 2.21. The molecule has 3 nitrogen and oxygen atoms in total. The lowest BCUT2D eigenvalue weighted by molar-refractivity contribution is -0.115. The second-order valence-corrected chi connectivity index (χ2v) is 8.71.